The zero-order valence-corrected chi connectivity index (χ0v) is 18.5. The summed E-state index contributed by atoms with van der Waals surface area (Å²) in [5, 5.41) is 9.89. The molecule has 2 heterocycles. The van der Waals surface area contributed by atoms with Crippen LogP contribution in [0.2, 0.25) is 0 Å². The highest BCUT2D eigenvalue weighted by Crippen LogP contribution is 2.42. The molecular weight excluding hydrogens is 396 g/mol. The molecular formula is C20H31BrN2O3. The van der Waals surface area contributed by atoms with E-state index in [1.165, 1.54) is 0 Å². The van der Waals surface area contributed by atoms with Gasteiger partial charge in [0.1, 0.15) is 0 Å². The van der Waals surface area contributed by atoms with E-state index < -0.39 is 17.7 Å². The summed E-state index contributed by atoms with van der Waals surface area (Å²) in [6.07, 6.45) is 1.08. The molecule has 1 unspecified atom stereocenters. The van der Waals surface area contributed by atoms with Crippen molar-refractivity contribution >= 4 is 27.6 Å². The molecule has 0 amide bonds. The van der Waals surface area contributed by atoms with E-state index in [2.05, 4.69) is 39.7 Å². The maximum absolute atomic E-state index is 12.1. The second-order valence-corrected chi connectivity index (χ2v) is 9.75. The van der Waals surface area contributed by atoms with E-state index in [-0.39, 0.29) is 0 Å². The van der Waals surface area contributed by atoms with E-state index in [0.717, 1.165) is 41.8 Å². The van der Waals surface area contributed by atoms with Crippen molar-refractivity contribution in [1.82, 2.24) is 4.98 Å². The van der Waals surface area contributed by atoms with Crippen LogP contribution in [0.15, 0.2) is 4.47 Å². The third-order valence-electron chi connectivity index (χ3n) is 4.90. The first-order valence-electron chi connectivity index (χ1n) is 9.14. The maximum atomic E-state index is 12.1. The number of hydrogen-bond acceptors (Lipinski definition) is 4. The third kappa shape index (κ3) is 4.77. The molecule has 0 bridgehead atoms. The van der Waals surface area contributed by atoms with Crippen LogP contribution in [-0.2, 0) is 9.53 Å². The van der Waals surface area contributed by atoms with Gasteiger partial charge in [0.15, 0.2) is 6.10 Å². The summed E-state index contributed by atoms with van der Waals surface area (Å²) >= 11 is 3.67. The summed E-state index contributed by atoms with van der Waals surface area (Å²) in [5.41, 5.74) is 2.89. The van der Waals surface area contributed by atoms with Gasteiger partial charge >= 0.3 is 5.97 Å². The molecule has 1 fully saturated rings. The minimum atomic E-state index is -1.05. The molecule has 1 aliphatic heterocycles. The Balaban J connectivity index is 2.58. The number of anilines is 1. The average Bonchev–Trinajstić information content (AvgIpc) is 2.48. The highest BCUT2D eigenvalue weighted by atomic mass is 79.9. The fourth-order valence-electron chi connectivity index (χ4n) is 3.37. The number of carboxylic acids is 1. The van der Waals surface area contributed by atoms with Gasteiger partial charge in [-0.2, -0.15) is 0 Å². The Hall–Kier alpha value is -1.14. The zero-order chi connectivity index (χ0) is 19.9. The lowest BCUT2D eigenvalue weighted by Gasteiger charge is -2.40. The SMILES string of the molecule is Cc1nc(C)c(C(OC(C)(C)C)C(=O)O)c(N2CCC(C)(C)CC2)c1Br. The van der Waals surface area contributed by atoms with E-state index in [4.69, 9.17) is 4.74 Å². The van der Waals surface area contributed by atoms with Gasteiger partial charge in [0, 0.05) is 24.3 Å². The van der Waals surface area contributed by atoms with Gasteiger partial charge in [0.2, 0.25) is 0 Å². The first-order valence-corrected chi connectivity index (χ1v) is 9.94. The Morgan fingerprint density at radius 1 is 1.23 bits per heavy atom. The summed E-state index contributed by atoms with van der Waals surface area (Å²) in [5.74, 6) is -0.987. The highest BCUT2D eigenvalue weighted by Gasteiger charge is 2.35. The summed E-state index contributed by atoms with van der Waals surface area (Å²) < 4.78 is 6.81. The molecule has 1 saturated heterocycles. The average molecular weight is 427 g/mol. The Morgan fingerprint density at radius 3 is 2.23 bits per heavy atom. The Labute approximate surface area is 165 Å². The fourth-order valence-corrected chi connectivity index (χ4v) is 3.92. The van der Waals surface area contributed by atoms with E-state index in [9.17, 15) is 9.90 Å². The van der Waals surface area contributed by atoms with Gasteiger partial charge in [0.05, 0.1) is 21.5 Å². The molecule has 0 saturated carbocycles. The number of nitrogens with zero attached hydrogens (tertiary/aromatic N) is 2. The van der Waals surface area contributed by atoms with Crippen LogP contribution in [-0.4, -0.2) is 34.8 Å². The number of carboxylic acid groups (broad SMARTS) is 1. The number of carbonyl (C=O) groups is 1. The lowest BCUT2D eigenvalue weighted by atomic mass is 9.82. The van der Waals surface area contributed by atoms with Crippen molar-refractivity contribution in [2.24, 2.45) is 5.41 Å². The van der Waals surface area contributed by atoms with Crippen molar-refractivity contribution in [3.05, 3.63) is 21.4 Å². The second-order valence-electron chi connectivity index (χ2n) is 8.96. The Bertz CT molecular complexity index is 685. The molecule has 0 aliphatic carbocycles. The van der Waals surface area contributed by atoms with Crippen LogP contribution in [0.1, 0.15) is 70.5 Å². The molecule has 1 N–H and O–H groups in total. The first kappa shape index (κ1) is 21.2. The molecule has 1 aliphatic rings. The predicted molar refractivity (Wildman–Crippen MR) is 108 cm³/mol. The van der Waals surface area contributed by atoms with Crippen molar-refractivity contribution in [1.29, 1.82) is 0 Å². The first-order chi connectivity index (χ1) is 11.8. The zero-order valence-electron chi connectivity index (χ0n) is 16.9. The number of ether oxygens (including phenoxy) is 1. The number of piperidine rings is 1. The minimum absolute atomic E-state index is 0.314. The Kier molecular flexibility index (Phi) is 6.08. The van der Waals surface area contributed by atoms with Crippen molar-refractivity contribution in [3.8, 4) is 0 Å². The molecule has 1 aromatic heterocycles. The molecule has 0 spiro atoms. The summed E-state index contributed by atoms with van der Waals surface area (Å²) in [7, 11) is 0. The fraction of sp³-hybridized carbons (Fsp3) is 0.700. The molecule has 2 rings (SSSR count). The van der Waals surface area contributed by atoms with E-state index >= 15 is 0 Å². The van der Waals surface area contributed by atoms with Gasteiger partial charge in [-0.1, -0.05) is 13.8 Å². The van der Waals surface area contributed by atoms with Gasteiger partial charge in [0.25, 0.3) is 0 Å². The Morgan fingerprint density at radius 2 is 1.77 bits per heavy atom. The van der Waals surface area contributed by atoms with Crippen molar-refractivity contribution < 1.29 is 14.6 Å². The molecule has 0 radical (unpaired) electrons. The second kappa shape index (κ2) is 7.47. The molecule has 6 heteroatoms. The van der Waals surface area contributed by atoms with Crippen LogP contribution in [0.5, 0.6) is 0 Å². The number of aliphatic carboxylic acids is 1. The lowest BCUT2D eigenvalue weighted by molar-refractivity contribution is -0.160. The number of pyridine rings is 1. The van der Waals surface area contributed by atoms with Crippen LogP contribution in [0.3, 0.4) is 0 Å². The molecule has 26 heavy (non-hydrogen) atoms. The van der Waals surface area contributed by atoms with Gasteiger partial charge in [-0.05, 0) is 68.8 Å². The predicted octanol–water partition coefficient (Wildman–Crippen LogP) is 5.03. The summed E-state index contributed by atoms with van der Waals surface area (Å²) in [6.45, 7) is 15.8. The quantitative estimate of drug-likeness (QED) is 0.731. The van der Waals surface area contributed by atoms with Gasteiger partial charge in [-0.15, -0.1) is 0 Å². The van der Waals surface area contributed by atoms with E-state index in [1.54, 1.807) is 0 Å². The molecule has 146 valence electrons. The maximum Gasteiger partial charge on any atom is 0.337 e. The van der Waals surface area contributed by atoms with Crippen molar-refractivity contribution in [2.75, 3.05) is 18.0 Å². The summed E-state index contributed by atoms with van der Waals surface area (Å²) in [4.78, 5) is 18.9. The number of halogens is 1. The standard InChI is InChI=1S/C20H31BrN2O3/c1-12-14(17(18(24)25)26-19(3,4)5)16(15(21)13(2)22-12)23-10-8-20(6,7)9-11-23/h17H,8-11H2,1-7H3,(H,24,25). The largest absolute Gasteiger partial charge is 0.479 e. The van der Waals surface area contributed by atoms with E-state index in [1.807, 2.05) is 34.6 Å². The van der Waals surface area contributed by atoms with Crippen LogP contribution in [0.25, 0.3) is 0 Å². The van der Waals surface area contributed by atoms with Gasteiger partial charge in [-0.3, -0.25) is 4.98 Å². The molecule has 0 aromatic carbocycles. The molecule has 1 atom stereocenters. The molecule has 5 nitrogen and oxygen atoms in total. The number of hydrogen-bond donors (Lipinski definition) is 1. The molecule has 1 aromatic rings. The number of rotatable bonds is 4. The van der Waals surface area contributed by atoms with Gasteiger partial charge in [-0.25, -0.2) is 4.79 Å². The minimum Gasteiger partial charge on any atom is -0.479 e. The number of aromatic nitrogens is 1. The highest BCUT2D eigenvalue weighted by molar-refractivity contribution is 9.10. The smallest absolute Gasteiger partial charge is 0.337 e. The van der Waals surface area contributed by atoms with Crippen LogP contribution in [0.4, 0.5) is 5.69 Å². The summed E-state index contributed by atoms with van der Waals surface area (Å²) in [6, 6.07) is 0. The van der Waals surface area contributed by atoms with Gasteiger partial charge < -0.3 is 14.7 Å². The number of aryl methyl sites for hydroxylation is 2. The lowest BCUT2D eigenvalue weighted by Crippen LogP contribution is -2.39. The monoisotopic (exact) mass is 426 g/mol. The van der Waals surface area contributed by atoms with Crippen molar-refractivity contribution in [3.63, 3.8) is 0 Å². The van der Waals surface area contributed by atoms with Crippen LogP contribution in [0, 0.1) is 19.3 Å². The van der Waals surface area contributed by atoms with Crippen LogP contribution < -0.4 is 4.90 Å². The van der Waals surface area contributed by atoms with Crippen LogP contribution >= 0.6 is 15.9 Å². The topological polar surface area (TPSA) is 62.7 Å². The van der Waals surface area contributed by atoms with Crippen molar-refractivity contribution in [2.45, 2.75) is 73.0 Å². The third-order valence-corrected chi connectivity index (χ3v) is 5.85. The van der Waals surface area contributed by atoms with E-state index in [0.29, 0.717) is 16.7 Å². The normalized spacial score (nSPS) is 18.7.